The van der Waals surface area contributed by atoms with E-state index in [-0.39, 0.29) is 0 Å². The summed E-state index contributed by atoms with van der Waals surface area (Å²) in [4.78, 5) is 4.34. The molecule has 0 atom stereocenters. The van der Waals surface area contributed by atoms with Gasteiger partial charge in [-0.1, -0.05) is 12.8 Å². The Morgan fingerprint density at radius 2 is 2.21 bits per heavy atom. The molecule has 1 rings (SSSR count). The van der Waals surface area contributed by atoms with Gasteiger partial charge in [0.1, 0.15) is 0 Å². The highest BCUT2D eigenvalue weighted by molar-refractivity contribution is 7.98. The van der Waals surface area contributed by atoms with Crippen molar-refractivity contribution in [2.24, 2.45) is 10.8 Å². The van der Waals surface area contributed by atoms with Crippen LogP contribution in [0.1, 0.15) is 25.7 Å². The summed E-state index contributed by atoms with van der Waals surface area (Å²) in [6.45, 7) is 0.820. The van der Waals surface area contributed by atoms with Crippen LogP contribution < -0.4 is 16.6 Å². The highest BCUT2D eigenvalue weighted by Crippen LogP contribution is 2.17. The van der Waals surface area contributed by atoms with Crippen LogP contribution in [0.25, 0.3) is 0 Å². The van der Waals surface area contributed by atoms with E-state index < -0.39 is 0 Å². The Hall–Kier alpha value is -0.420. The monoisotopic (exact) mass is 216 g/mol. The van der Waals surface area contributed by atoms with Crippen molar-refractivity contribution in [3.63, 3.8) is 0 Å². The lowest BCUT2D eigenvalue weighted by Gasteiger charge is -2.14. The van der Waals surface area contributed by atoms with Crippen LogP contribution in [0.5, 0.6) is 0 Å². The van der Waals surface area contributed by atoms with E-state index in [1.165, 1.54) is 25.7 Å². The molecule has 0 spiro atoms. The Labute approximate surface area is 90.1 Å². The summed E-state index contributed by atoms with van der Waals surface area (Å²) in [7, 11) is 0. The van der Waals surface area contributed by atoms with Crippen LogP contribution in [0.2, 0.25) is 0 Å². The van der Waals surface area contributed by atoms with Gasteiger partial charge in [0, 0.05) is 11.8 Å². The maximum absolute atomic E-state index is 5.38. The molecule has 0 aromatic carbocycles. The van der Waals surface area contributed by atoms with Crippen LogP contribution >= 0.6 is 11.8 Å². The number of nitrogens with two attached hydrogens (primary N) is 1. The molecule has 0 saturated heterocycles. The first-order valence-corrected chi connectivity index (χ1v) is 6.52. The zero-order chi connectivity index (χ0) is 10.2. The Morgan fingerprint density at radius 3 is 2.79 bits per heavy atom. The van der Waals surface area contributed by atoms with E-state index in [4.69, 9.17) is 5.84 Å². The smallest absolute Gasteiger partial charge is 0.205 e. The number of hydrogen-bond donors (Lipinski definition) is 3. The fourth-order valence-corrected chi connectivity index (χ4v) is 1.92. The lowest BCUT2D eigenvalue weighted by atomic mass is 10.2. The molecule has 0 bridgehead atoms. The molecule has 4 N–H and O–H groups in total. The summed E-state index contributed by atoms with van der Waals surface area (Å²) in [5.41, 5.74) is 2.62. The van der Waals surface area contributed by atoms with Crippen LogP contribution in [0.3, 0.4) is 0 Å². The second kappa shape index (κ2) is 6.95. The molecule has 1 saturated carbocycles. The SMILES string of the molecule is CSCCN=C(NN)NC1CCCC1. The van der Waals surface area contributed by atoms with Gasteiger partial charge < -0.3 is 5.32 Å². The second-order valence-electron chi connectivity index (χ2n) is 3.49. The minimum Gasteiger partial charge on any atom is -0.353 e. The number of guanidine groups is 1. The molecule has 82 valence electrons. The molecule has 0 unspecified atom stereocenters. The zero-order valence-corrected chi connectivity index (χ0v) is 9.57. The van der Waals surface area contributed by atoms with Crippen LogP contribution in [-0.4, -0.2) is 30.6 Å². The lowest BCUT2D eigenvalue weighted by molar-refractivity contribution is 0.615. The average Bonchev–Trinajstić information content (AvgIpc) is 2.69. The van der Waals surface area contributed by atoms with Crippen molar-refractivity contribution in [2.45, 2.75) is 31.7 Å². The predicted octanol–water partition coefficient (Wildman–Crippen LogP) is 0.701. The number of rotatable bonds is 4. The molecule has 4 nitrogen and oxygen atoms in total. The van der Waals surface area contributed by atoms with E-state index >= 15 is 0 Å². The van der Waals surface area contributed by atoms with Crippen molar-refractivity contribution >= 4 is 17.7 Å². The fraction of sp³-hybridized carbons (Fsp3) is 0.889. The largest absolute Gasteiger partial charge is 0.353 e. The van der Waals surface area contributed by atoms with Gasteiger partial charge in [0.2, 0.25) is 5.96 Å². The summed E-state index contributed by atoms with van der Waals surface area (Å²) in [6.07, 6.45) is 7.20. The van der Waals surface area contributed by atoms with Gasteiger partial charge in [0.25, 0.3) is 0 Å². The minimum absolute atomic E-state index is 0.569. The van der Waals surface area contributed by atoms with Gasteiger partial charge >= 0.3 is 0 Å². The number of thioether (sulfide) groups is 1. The van der Waals surface area contributed by atoms with E-state index in [1.54, 1.807) is 11.8 Å². The fourth-order valence-electron chi connectivity index (χ4n) is 1.65. The molecule has 0 radical (unpaired) electrons. The molecular formula is C9H20N4S. The Bertz CT molecular complexity index is 178. The molecule has 0 aliphatic heterocycles. The summed E-state index contributed by atoms with van der Waals surface area (Å²) in [5.74, 6) is 7.16. The Kier molecular flexibility index (Phi) is 5.78. The van der Waals surface area contributed by atoms with Crippen molar-refractivity contribution in [3.8, 4) is 0 Å². The molecule has 0 aromatic rings. The normalized spacial score (nSPS) is 18.6. The number of hydrazine groups is 1. The third-order valence-electron chi connectivity index (χ3n) is 2.40. The van der Waals surface area contributed by atoms with Crippen molar-refractivity contribution in [3.05, 3.63) is 0 Å². The number of nitrogens with zero attached hydrogens (tertiary/aromatic N) is 1. The molecule has 1 fully saturated rings. The van der Waals surface area contributed by atoms with Crippen LogP contribution in [0.15, 0.2) is 4.99 Å². The van der Waals surface area contributed by atoms with Crippen molar-refractivity contribution in [1.29, 1.82) is 0 Å². The minimum atomic E-state index is 0.569. The molecule has 0 heterocycles. The number of nitrogens with one attached hydrogen (secondary N) is 2. The molecule has 1 aliphatic carbocycles. The van der Waals surface area contributed by atoms with Gasteiger partial charge in [-0.3, -0.25) is 10.4 Å². The van der Waals surface area contributed by atoms with Crippen molar-refractivity contribution in [1.82, 2.24) is 10.7 Å². The summed E-state index contributed by atoms with van der Waals surface area (Å²) < 4.78 is 0. The molecule has 1 aliphatic rings. The summed E-state index contributed by atoms with van der Waals surface area (Å²) >= 11 is 1.79. The van der Waals surface area contributed by atoms with Gasteiger partial charge in [-0.2, -0.15) is 11.8 Å². The third-order valence-corrected chi connectivity index (χ3v) is 2.99. The van der Waals surface area contributed by atoms with Crippen LogP contribution in [0, 0.1) is 0 Å². The molecular weight excluding hydrogens is 196 g/mol. The van der Waals surface area contributed by atoms with Gasteiger partial charge in [0.15, 0.2) is 0 Å². The maximum atomic E-state index is 5.38. The van der Waals surface area contributed by atoms with Crippen molar-refractivity contribution < 1.29 is 0 Å². The van der Waals surface area contributed by atoms with Gasteiger partial charge in [-0.05, 0) is 19.1 Å². The Morgan fingerprint density at radius 1 is 1.50 bits per heavy atom. The van der Waals surface area contributed by atoms with Gasteiger partial charge in [-0.25, -0.2) is 5.84 Å². The number of aliphatic imine (C=N–C) groups is 1. The van der Waals surface area contributed by atoms with Gasteiger partial charge in [-0.15, -0.1) is 0 Å². The summed E-state index contributed by atoms with van der Waals surface area (Å²) in [6, 6.07) is 0.569. The average molecular weight is 216 g/mol. The molecule has 0 amide bonds. The van der Waals surface area contributed by atoms with E-state index in [2.05, 4.69) is 22.0 Å². The highest BCUT2D eigenvalue weighted by Gasteiger charge is 2.15. The second-order valence-corrected chi connectivity index (χ2v) is 4.48. The standard InChI is InChI=1S/C9H20N4S/c1-14-7-6-11-9(13-10)12-8-4-2-3-5-8/h8H,2-7,10H2,1H3,(H2,11,12,13). The lowest BCUT2D eigenvalue weighted by Crippen LogP contribution is -2.45. The Balaban J connectivity index is 2.25. The highest BCUT2D eigenvalue weighted by atomic mass is 32.2. The maximum Gasteiger partial charge on any atom is 0.205 e. The quantitative estimate of drug-likeness (QED) is 0.213. The summed E-state index contributed by atoms with van der Waals surface area (Å²) in [5, 5.41) is 3.33. The zero-order valence-electron chi connectivity index (χ0n) is 8.75. The molecule has 0 aromatic heterocycles. The first-order chi connectivity index (χ1) is 6.86. The van der Waals surface area contributed by atoms with E-state index in [0.717, 1.165) is 18.3 Å². The van der Waals surface area contributed by atoms with Crippen LogP contribution in [-0.2, 0) is 0 Å². The molecule has 5 heteroatoms. The molecule has 14 heavy (non-hydrogen) atoms. The third kappa shape index (κ3) is 4.19. The predicted molar refractivity (Wildman–Crippen MR) is 63.4 cm³/mol. The van der Waals surface area contributed by atoms with E-state index in [1.807, 2.05) is 0 Å². The van der Waals surface area contributed by atoms with E-state index in [9.17, 15) is 0 Å². The topological polar surface area (TPSA) is 62.4 Å². The van der Waals surface area contributed by atoms with E-state index in [0.29, 0.717) is 6.04 Å². The van der Waals surface area contributed by atoms with Crippen LogP contribution in [0.4, 0.5) is 0 Å². The first-order valence-electron chi connectivity index (χ1n) is 5.13. The number of hydrogen-bond acceptors (Lipinski definition) is 3. The van der Waals surface area contributed by atoms with Gasteiger partial charge in [0.05, 0.1) is 6.54 Å². The van der Waals surface area contributed by atoms with Crippen molar-refractivity contribution in [2.75, 3.05) is 18.6 Å². The first kappa shape index (κ1) is 11.7.